The molecule has 2 atom stereocenters. The van der Waals surface area contributed by atoms with Crippen molar-refractivity contribution in [3.05, 3.63) is 29.3 Å². The summed E-state index contributed by atoms with van der Waals surface area (Å²) in [7, 11) is 2.12. The van der Waals surface area contributed by atoms with Crippen LogP contribution >= 0.6 is 0 Å². The van der Waals surface area contributed by atoms with E-state index in [1.807, 2.05) is 24.5 Å². The zero-order valence-electron chi connectivity index (χ0n) is 18.9. The van der Waals surface area contributed by atoms with Crippen LogP contribution in [0.5, 0.6) is 0 Å². The summed E-state index contributed by atoms with van der Waals surface area (Å²) in [6, 6.07) is 6.67. The first-order valence-electron chi connectivity index (χ1n) is 11.8. The second-order valence-corrected chi connectivity index (χ2v) is 9.06. The first-order valence-corrected chi connectivity index (χ1v) is 11.8. The minimum atomic E-state index is 0.0276. The fourth-order valence-corrected chi connectivity index (χ4v) is 5.08. The van der Waals surface area contributed by atoms with Gasteiger partial charge in [0, 0.05) is 32.9 Å². The molecule has 0 bridgehead atoms. The fourth-order valence-electron chi connectivity index (χ4n) is 5.08. The molecule has 0 radical (unpaired) electrons. The van der Waals surface area contributed by atoms with E-state index in [1.165, 1.54) is 18.4 Å². The highest BCUT2D eigenvalue weighted by Gasteiger charge is 2.34. The molecule has 1 aromatic carbocycles. The third-order valence-electron chi connectivity index (χ3n) is 6.91. The van der Waals surface area contributed by atoms with E-state index in [0.717, 1.165) is 74.8 Å². The number of morpholine rings is 1. The number of aromatic nitrogens is 2. The Bertz CT molecular complexity index is 994. The van der Waals surface area contributed by atoms with E-state index in [1.54, 1.807) is 0 Å². The van der Waals surface area contributed by atoms with E-state index in [-0.39, 0.29) is 12.6 Å². The molecule has 0 spiro atoms. The van der Waals surface area contributed by atoms with Gasteiger partial charge in [-0.1, -0.05) is 6.07 Å². The SMILES string of the molecule is CN1C=NC2/C(=C/n3c(NCCCN4CCOCC4)nc4ccc(CO)cc43)CCCC21. The van der Waals surface area contributed by atoms with Gasteiger partial charge in [-0.2, -0.15) is 0 Å². The molecule has 0 amide bonds. The minimum absolute atomic E-state index is 0.0276. The molecule has 1 aromatic heterocycles. The number of hydrogen-bond donors (Lipinski definition) is 2. The number of likely N-dealkylation sites (N-methyl/N-ethyl adjacent to an activating group) is 1. The van der Waals surface area contributed by atoms with Gasteiger partial charge in [0.15, 0.2) is 0 Å². The Morgan fingerprint density at radius 2 is 2.16 bits per heavy atom. The average molecular weight is 439 g/mol. The molecule has 2 N–H and O–H groups in total. The van der Waals surface area contributed by atoms with Crippen LogP contribution in [0.2, 0.25) is 0 Å². The van der Waals surface area contributed by atoms with Gasteiger partial charge in [0.25, 0.3) is 0 Å². The lowest BCUT2D eigenvalue weighted by Crippen LogP contribution is -2.37. The van der Waals surface area contributed by atoms with Crippen LogP contribution in [0.25, 0.3) is 17.2 Å². The molecule has 2 fully saturated rings. The number of imidazole rings is 1. The highest BCUT2D eigenvalue weighted by atomic mass is 16.5. The number of fused-ring (bicyclic) bond motifs is 2. The van der Waals surface area contributed by atoms with Crippen LogP contribution in [-0.4, -0.2) is 89.3 Å². The highest BCUT2D eigenvalue weighted by Crippen LogP contribution is 2.34. The van der Waals surface area contributed by atoms with Crippen molar-refractivity contribution in [3.8, 4) is 0 Å². The van der Waals surface area contributed by atoms with E-state index >= 15 is 0 Å². The number of aliphatic hydroxyl groups is 1. The lowest BCUT2D eigenvalue weighted by atomic mass is 9.87. The Kier molecular flexibility index (Phi) is 6.43. The summed E-state index contributed by atoms with van der Waals surface area (Å²) in [5, 5.41) is 13.2. The number of nitrogens with zero attached hydrogens (tertiary/aromatic N) is 5. The number of benzene rings is 1. The predicted octanol–water partition coefficient (Wildman–Crippen LogP) is 2.40. The van der Waals surface area contributed by atoms with Gasteiger partial charge < -0.3 is 20.1 Å². The highest BCUT2D eigenvalue weighted by molar-refractivity contribution is 5.82. The molecule has 1 saturated carbocycles. The molecule has 5 rings (SSSR count). The maximum absolute atomic E-state index is 9.67. The van der Waals surface area contributed by atoms with Gasteiger partial charge in [-0.3, -0.25) is 14.5 Å². The summed E-state index contributed by atoms with van der Waals surface area (Å²) < 4.78 is 7.62. The van der Waals surface area contributed by atoms with Crippen molar-refractivity contribution in [2.75, 3.05) is 51.8 Å². The van der Waals surface area contributed by atoms with Crippen molar-refractivity contribution < 1.29 is 9.84 Å². The van der Waals surface area contributed by atoms with Crippen molar-refractivity contribution >= 4 is 29.5 Å². The largest absolute Gasteiger partial charge is 0.392 e. The molecule has 2 unspecified atom stereocenters. The Morgan fingerprint density at radius 3 is 3.00 bits per heavy atom. The number of ether oxygens (including phenoxy) is 1. The third-order valence-corrected chi connectivity index (χ3v) is 6.91. The molecule has 8 heteroatoms. The van der Waals surface area contributed by atoms with Crippen LogP contribution in [-0.2, 0) is 11.3 Å². The van der Waals surface area contributed by atoms with E-state index < -0.39 is 0 Å². The zero-order chi connectivity index (χ0) is 21.9. The van der Waals surface area contributed by atoms with Crippen LogP contribution in [0, 0.1) is 0 Å². The molecule has 2 aromatic rings. The Balaban J connectivity index is 1.38. The quantitative estimate of drug-likeness (QED) is 0.647. The summed E-state index contributed by atoms with van der Waals surface area (Å²) >= 11 is 0. The van der Waals surface area contributed by atoms with Crippen molar-refractivity contribution in [2.24, 2.45) is 4.99 Å². The van der Waals surface area contributed by atoms with Crippen molar-refractivity contribution in [2.45, 2.75) is 44.4 Å². The van der Waals surface area contributed by atoms with E-state index in [4.69, 9.17) is 14.7 Å². The van der Waals surface area contributed by atoms with Gasteiger partial charge in [0.2, 0.25) is 5.95 Å². The third kappa shape index (κ3) is 4.40. The normalized spacial score (nSPS) is 25.1. The van der Waals surface area contributed by atoms with E-state index in [0.29, 0.717) is 6.04 Å². The minimum Gasteiger partial charge on any atom is -0.392 e. The average Bonchev–Trinajstić information content (AvgIpc) is 3.38. The van der Waals surface area contributed by atoms with E-state index in [2.05, 4.69) is 32.9 Å². The maximum Gasteiger partial charge on any atom is 0.208 e. The van der Waals surface area contributed by atoms with Crippen LogP contribution < -0.4 is 5.32 Å². The lowest BCUT2D eigenvalue weighted by molar-refractivity contribution is 0.0378. The molecular weight excluding hydrogens is 404 g/mol. The Morgan fingerprint density at radius 1 is 1.28 bits per heavy atom. The molecule has 1 saturated heterocycles. The van der Waals surface area contributed by atoms with Gasteiger partial charge in [0.1, 0.15) is 0 Å². The van der Waals surface area contributed by atoms with Crippen LogP contribution in [0.3, 0.4) is 0 Å². The second kappa shape index (κ2) is 9.60. The Labute approximate surface area is 189 Å². The van der Waals surface area contributed by atoms with Gasteiger partial charge in [-0.25, -0.2) is 4.98 Å². The number of anilines is 1. The summed E-state index contributed by atoms with van der Waals surface area (Å²) in [4.78, 5) is 14.4. The number of nitrogens with one attached hydrogen (secondary N) is 1. The van der Waals surface area contributed by atoms with Crippen molar-refractivity contribution in [1.82, 2.24) is 19.4 Å². The van der Waals surface area contributed by atoms with Gasteiger partial charge in [0.05, 0.1) is 49.3 Å². The van der Waals surface area contributed by atoms with Gasteiger partial charge >= 0.3 is 0 Å². The van der Waals surface area contributed by atoms with Crippen LogP contribution in [0.4, 0.5) is 5.95 Å². The first kappa shape index (κ1) is 21.4. The number of rotatable bonds is 7. The summed E-state index contributed by atoms with van der Waals surface area (Å²) in [5.74, 6) is 0.863. The monoisotopic (exact) mass is 438 g/mol. The molecule has 1 aliphatic carbocycles. The zero-order valence-corrected chi connectivity index (χ0v) is 18.9. The molecule has 3 heterocycles. The van der Waals surface area contributed by atoms with Crippen LogP contribution in [0.1, 0.15) is 31.2 Å². The molecule has 32 heavy (non-hydrogen) atoms. The lowest BCUT2D eigenvalue weighted by Gasteiger charge is -2.31. The summed E-state index contributed by atoms with van der Waals surface area (Å²) in [6.45, 7) is 5.67. The predicted molar refractivity (Wildman–Crippen MR) is 128 cm³/mol. The van der Waals surface area contributed by atoms with E-state index in [9.17, 15) is 5.11 Å². The number of aliphatic hydroxyl groups excluding tert-OH is 1. The van der Waals surface area contributed by atoms with Gasteiger partial charge in [-0.05, 0) is 55.5 Å². The Hall–Kier alpha value is -2.42. The molecule has 172 valence electrons. The topological polar surface area (TPSA) is 78.2 Å². The van der Waals surface area contributed by atoms with Crippen molar-refractivity contribution in [3.63, 3.8) is 0 Å². The number of hydrogen-bond acceptors (Lipinski definition) is 7. The van der Waals surface area contributed by atoms with Crippen LogP contribution in [0.15, 0.2) is 28.8 Å². The first-order chi connectivity index (χ1) is 15.7. The smallest absolute Gasteiger partial charge is 0.208 e. The van der Waals surface area contributed by atoms with Crippen molar-refractivity contribution in [1.29, 1.82) is 0 Å². The summed E-state index contributed by atoms with van der Waals surface area (Å²) in [6.07, 6.45) is 8.70. The second-order valence-electron chi connectivity index (χ2n) is 9.06. The fraction of sp³-hybridized carbons (Fsp3) is 0.583. The molecule has 3 aliphatic rings. The standard InChI is InChI=1S/C24H34N6O2/c1-28-17-26-23-19(4-2-5-21(23)28)15-30-22-14-18(16-31)6-7-20(22)27-24(30)25-8-3-9-29-10-12-32-13-11-29/h6-7,14-15,17,21,23,31H,2-5,8-13,16H2,1H3,(H,25,27)/b19-15+. The molecular formula is C24H34N6O2. The molecule has 2 aliphatic heterocycles. The molecule has 8 nitrogen and oxygen atoms in total. The van der Waals surface area contributed by atoms with Gasteiger partial charge in [-0.15, -0.1) is 0 Å². The summed E-state index contributed by atoms with van der Waals surface area (Å²) in [5.41, 5.74) is 4.22. The maximum atomic E-state index is 9.67. The number of aliphatic imine (C=N–C) groups is 1.